The molecule has 1 heterocycles. The fraction of sp³-hybridized carbons (Fsp3) is 0.727. The number of likely N-dealkylation sites (tertiary alicyclic amines) is 1. The zero-order chi connectivity index (χ0) is 13.2. The number of carbonyl (C=O) groups is 3. The second kappa shape index (κ2) is 4.73. The molecule has 0 radical (unpaired) electrons. The van der Waals surface area contributed by atoms with Gasteiger partial charge in [0.1, 0.15) is 0 Å². The molecule has 1 saturated heterocycles. The number of aliphatic carboxylic acids is 1. The number of hydrogen-bond acceptors (Lipinski definition) is 3. The number of hydrogen-bond donors (Lipinski definition) is 2. The summed E-state index contributed by atoms with van der Waals surface area (Å²) in [5.41, 5.74) is -0.355. The Balaban J connectivity index is 2.50. The Kier molecular flexibility index (Phi) is 3.75. The first-order valence-corrected chi connectivity index (χ1v) is 5.50. The van der Waals surface area contributed by atoms with Gasteiger partial charge >= 0.3 is 5.97 Å². The summed E-state index contributed by atoms with van der Waals surface area (Å²) in [4.78, 5) is 35.1. The molecule has 0 bridgehead atoms. The summed E-state index contributed by atoms with van der Waals surface area (Å²) < 4.78 is 0. The van der Waals surface area contributed by atoms with Crippen LogP contribution >= 0.6 is 0 Å². The average molecular weight is 242 g/mol. The van der Waals surface area contributed by atoms with E-state index in [0.29, 0.717) is 0 Å². The first-order chi connectivity index (χ1) is 7.69. The Hall–Kier alpha value is -1.59. The van der Waals surface area contributed by atoms with Crippen molar-refractivity contribution in [1.82, 2.24) is 10.2 Å². The number of nitrogens with one attached hydrogen (secondary N) is 1. The molecule has 0 saturated carbocycles. The lowest BCUT2D eigenvalue weighted by Gasteiger charge is -2.23. The van der Waals surface area contributed by atoms with Crippen LogP contribution in [0.4, 0.5) is 0 Å². The smallest absolute Gasteiger partial charge is 0.308 e. The van der Waals surface area contributed by atoms with E-state index in [1.54, 1.807) is 0 Å². The summed E-state index contributed by atoms with van der Waals surface area (Å²) in [6, 6.07) is 0. The van der Waals surface area contributed by atoms with E-state index in [1.807, 2.05) is 20.8 Å². The van der Waals surface area contributed by atoms with Crippen molar-refractivity contribution in [2.24, 2.45) is 5.92 Å². The summed E-state index contributed by atoms with van der Waals surface area (Å²) in [5.74, 6) is -2.22. The summed E-state index contributed by atoms with van der Waals surface area (Å²) in [6.45, 7) is 5.58. The van der Waals surface area contributed by atoms with Crippen LogP contribution in [0.25, 0.3) is 0 Å². The summed E-state index contributed by atoms with van der Waals surface area (Å²) in [7, 11) is 0. The largest absolute Gasteiger partial charge is 0.481 e. The van der Waals surface area contributed by atoms with Crippen LogP contribution in [0, 0.1) is 5.92 Å². The lowest BCUT2D eigenvalue weighted by molar-refractivity contribution is -0.141. The summed E-state index contributed by atoms with van der Waals surface area (Å²) in [5, 5.41) is 11.5. The molecule has 2 amide bonds. The highest BCUT2D eigenvalue weighted by molar-refractivity contribution is 5.89. The van der Waals surface area contributed by atoms with Gasteiger partial charge in [0, 0.05) is 18.5 Å². The molecule has 96 valence electrons. The Morgan fingerprint density at radius 2 is 2.06 bits per heavy atom. The van der Waals surface area contributed by atoms with E-state index in [1.165, 1.54) is 4.90 Å². The highest BCUT2D eigenvalue weighted by Gasteiger charge is 2.35. The third-order valence-corrected chi connectivity index (χ3v) is 2.41. The molecule has 1 aliphatic heterocycles. The van der Waals surface area contributed by atoms with E-state index in [-0.39, 0.29) is 36.9 Å². The molecule has 1 fully saturated rings. The van der Waals surface area contributed by atoms with Gasteiger partial charge in [0.2, 0.25) is 11.8 Å². The first-order valence-electron chi connectivity index (χ1n) is 5.50. The van der Waals surface area contributed by atoms with E-state index in [4.69, 9.17) is 5.11 Å². The number of carboxylic acid groups (broad SMARTS) is 1. The van der Waals surface area contributed by atoms with Gasteiger partial charge in [-0.15, -0.1) is 0 Å². The van der Waals surface area contributed by atoms with Crippen LogP contribution in [0.2, 0.25) is 0 Å². The second-order valence-electron chi connectivity index (χ2n) is 5.31. The predicted molar refractivity (Wildman–Crippen MR) is 60.2 cm³/mol. The number of rotatable bonds is 3. The van der Waals surface area contributed by atoms with E-state index < -0.39 is 11.9 Å². The predicted octanol–water partition coefficient (Wildman–Crippen LogP) is -0.166. The first kappa shape index (κ1) is 13.5. The second-order valence-corrected chi connectivity index (χ2v) is 5.31. The van der Waals surface area contributed by atoms with E-state index >= 15 is 0 Å². The van der Waals surface area contributed by atoms with Crippen molar-refractivity contribution < 1.29 is 19.5 Å². The standard InChI is InChI=1S/C11H18N2O4/c1-11(2,3)12-8(14)6-13-5-7(10(16)17)4-9(13)15/h7H,4-6H2,1-3H3,(H,12,14)(H,16,17). The van der Waals surface area contributed by atoms with Crippen LogP contribution < -0.4 is 5.32 Å². The Morgan fingerprint density at radius 3 is 2.47 bits per heavy atom. The molecule has 0 aromatic rings. The minimum absolute atomic E-state index is 0.0157. The van der Waals surface area contributed by atoms with Crippen molar-refractivity contribution in [2.45, 2.75) is 32.7 Å². The fourth-order valence-corrected chi connectivity index (χ4v) is 1.72. The molecule has 0 spiro atoms. The molecule has 17 heavy (non-hydrogen) atoms. The average Bonchev–Trinajstić information content (AvgIpc) is 2.44. The Morgan fingerprint density at radius 1 is 1.47 bits per heavy atom. The molecule has 2 N–H and O–H groups in total. The topological polar surface area (TPSA) is 86.7 Å². The molecule has 0 aromatic carbocycles. The van der Waals surface area contributed by atoms with Crippen LogP contribution in [-0.4, -0.2) is 46.4 Å². The Bertz CT molecular complexity index is 346. The van der Waals surface area contributed by atoms with Crippen LogP contribution in [-0.2, 0) is 14.4 Å². The molecule has 0 aliphatic carbocycles. The molecule has 6 nitrogen and oxygen atoms in total. The zero-order valence-corrected chi connectivity index (χ0v) is 10.3. The van der Waals surface area contributed by atoms with Gasteiger partial charge in [0.15, 0.2) is 0 Å². The number of carbonyl (C=O) groups excluding carboxylic acids is 2. The van der Waals surface area contributed by atoms with Crippen molar-refractivity contribution >= 4 is 17.8 Å². The Labute approximate surface area is 100.0 Å². The molecule has 1 unspecified atom stereocenters. The van der Waals surface area contributed by atoms with Crippen LogP contribution in [0.3, 0.4) is 0 Å². The minimum Gasteiger partial charge on any atom is -0.481 e. The quantitative estimate of drug-likeness (QED) is 0.719. The zero-order valence-electron chi connectivity index (χ0n) is 10.3. The number of nitrogens with zero attached hydrogens (tertiary/aromatic N) is 1. The lowest BCUT2D eigenvalue weighted by atomic mass is 10.1. The van der Waals surface area contributed by atoms with Crippen molar-refractivity contribution in [3.05, 3.63) is 0 Å². The maximum atomic E-state index is 11.6. The van der Waals surface area contributed by atoms with Gasteiger partial charge in [-0.3, -0.25) is 14.4 Å². The lowest BCUT2D eigenvalue weighted by Crippen LogP contribution is -2.46. The van der Waals surface area contributed by atoms with Crippen LogP contribution in [0.5, 0.6) is 0 Å². The van der Waals surface area contributed by atoms with Gasteiger partial charge in [0.05, 0.1) is 12.5 Å². The number of carboxylic acids is 1. The maximum absolute atomic E-state index is 11.6. The van der Waals surface area contributed by atoms with Crippen molar-refractivity contribution in [3.63, 3.8) is 0 Å². The maximum Gasteiger partial charge on any atom is 0.308 e. The molecule has 0 aromatic heterocycles. The van der Waals surface area contributed by atoms with Crippen molar-refractivity contribution in [1.29, 1.82) is 0 Å². The molecule has 6 heteroatoms. The molecular weight excluding hydrogens is 224 g/mol. The molecule has 1 atom stereocenters. The van der Waals surface area contributed by atoms with Gasteiger partial charge in [-0.05, 0) is 20.8 Å². The van der Waals surface area contributed by atoms with E-state index in [0.717, 1.165) is 0 Å². The third kappa shape index (κ3) is 4.05. The molecule has 1 rings (SSSR count). The van der Waals surface area contributed by atoms with Gasteiger partial charge < -0.3 is 15.3 Å². The summed E-state index contributed by atoms with van der Waals surface area (Å²) >= 11 is 0. The van der Waals surface area contributed by atoms with E-state index in [9.17, 15) is 14.4 Å². The van der Waals surface area contributed by atoms with Gasteiger partial charge in [0.25, 0.3) is 0 Å². The molecular formula is C11H18N2O4. The highest BCUT2D eigenvalue weighted by Crippen LogP contribution is 2.17. The minimum atomic E-state index is -0.989. The normalized spacial score (nSPS) is 20.5. The monoisotopic (exact) mass is 242 g/mol. The molecule has 1 aliphatic rings. The van der Waals surface area contributed by atoms with E-state index in [2.05, 4.69) is 5.32 Å². The summed E-state index contributed by atoms with van der Waals surface area (Å²) in [6.07, 6.45) is -0.0157. The van der Waals surface area contributed by atoms with Gasteiger partial charge in [-0.1, -0.05) is 0 Å². The third-order valence-electron chi connectivity index (χ3n) is 2.41. The van der Waals surface area contributed by atoms with Crippen LogP contribution in [0.1, 0.15) is 27.2 Å². The SMILES string of the molecule is CC(C)(C)NC(=O)CN1CC(C(=O)O)CC1=O. The van der Waals surface area contributed by atoms with Crippen LogP contribution in [0.15, 0.2) is 0 Å². The van der Waals surface area contributed by atoms with Crippen molar-refractivity contribution in [2.75, 3.05) is 13.1 Å². The number of amides is 2. The van der Waals surface area contributed by atoms with Crippen molar-refractivity contribution in [3.8, 4) is 0 Å². The fourth-order valence-electron chi connectivity index (χ4n) is 1.72. The highest BCUT2D eigenvalue weighted by atomic mass is 16.4. The van der Waals surface area contributed by atoms with Gasteiger partial charge in [-0.25, -0.2) is 0 Å². The van der Waals surface area contributed by atoms with Gasteiger partial charge in [-0.2, -0.15) is 0 Å².